The van der Waals surface area contributed by atoms with Gasteiger partial charge in [-0.3, -0.25) is 4.79 Å². The number of ether oxygens (including phenoxy) is 1. The fourth-order valence-corrected chi connectivity index (χ4v) is 2.03. The van der Waals surface area contributed by atoms with Crippen LogP contribution in [0.1, 0.15) is 17.5 Å². The first kappa shape index (κ1) is 19.6. The van der Waals surface area contributed by atoms with Gasteiger partial charge in [-0.1, -0.05) is 18.2 Å². The Morgan fingerprint density at radius 2 is 1.42 bits per heavy atom. The van der Waals surface area contributed by atoms with Crippen molar-refractivity contribution in [2.24, 2.45) is 0 Å². The molecule has 9 heteroatoms. The van der Waals surface area contributed by atoms with Gasteiger partial charge in [0.15, 0.2) is 0 Å². The zero-order chi connectivity index (χ0) is 19.4. The van der Waals surface area contributed by atoms with Gasteiger partial charge in [-0.2, -0.15) is 26.3 Å². The molecule has 2 aromatic carbocycles. The molecular weight excluding hydrogens is 364 g/mol. The van der Waals surface area contributed by atoms with E-state index in [2.05, 4.69) is 0 Å². The number of alkyl halides is 6. The summed E-state index contributed by atoms with van der Waals surface area (Å²) in [4.78, 5) is 11.8. The smallest absolute Gasteiger partial charge is 0.416 e. The normalized spacial score (nSPS) is 11.9. The maximum absolute atomic E-state index is 12.8. The van der Waals surface area contributed by atoms with Crippen LogP contribution in [0.4, 0.5) is 32.0 Å². The van der Waals surface area contributed by atoms with Crippen LogP contribution in [-0.2, 0) is 17.1 Å². The van der Waals surface area contributed by atoms with Crippen LogP contribution in [0.15, 0.2) is 48.5 Å². The number of nitrogens with one attached hydrogen (secondary N) is 1. The second-order valence-corrected chi connectivity index (χ2v) is 5.25. The first-order valence-electron chi connectivity index (χ1n) is 7.33. The third-order valence-corrected chi connectivity index (χ3v) is 3.21. The van der Waals surface area contributed by atoms with E-state index in [0.29, 0.717) is 17.9 Å². The number of amides is 1. The number of halogens is 6. The van der Waals surface area contributed by atoms with Crippen LogP contribution in [0.25, 0.3) is 0 Å². The summed E-state index contributed by atoms with van der Waals surface area (Å²) in [5, 5.41) is 2.03. The Labute approximate surface area is 144 Å². The molecule has 0 aliphatic rings. The van der Waals surface area contributed by atoms with Gasteiger partial charge in [-0.25, -0.2) is 0 Å². The summed E-state index contributed by atoms with van der Waals surface area (Å²) >= 11 is 0. The molecule has 0 spiro atoms. The SMILES string of the molecule is O=C(CCOc1ccccc1)Nc1cc(C(F)(F)F)cc(C(F)(F)F)c1. The molecule has 0 aliphatic carbocycles. The number of benzene rings is 2. The molecule has 3 nitrogen and oxygen atoms in total. The zero-order valence-electron chi connectivity index (χ0n) is 13.1. The van der Waals surface area contributed by atoms with Crippen molar-refractivity contribution in [3.63, 3.8) is 0 Å². The molecule has 140 valence electrons. The van der Waals surface area contributed by atoms with Gasteiger partial charge in [0.05, 0.1) is 24.2 Å². The molecule has 0 aliphatic heterocycles. The number of para-hydroxylation sites is 1. The molecule has 1 amide bonds. The van der Waals surface area contributed by atoms with Crippen molar-refractivity contribution >= 4 is 11.6 Å². The summed E-state index contributed by atoms with van der Waals surface area (Å²) in [5.41, 5.74) is -3.58. The summed E-state index contributed by atoms with van der Waals surface area (Å²) in [7, 11) is 0. The first-order valence-corrected chi connectivity index (χ1v) is 7.33. The molecule has 0 aromatic heterocycles. The number of carbonyl (C=O) groups is 1. The number of rotatable bonds is 5. The molecule has 0 atom stereocenters. The van der Waals surface area contributed by atoms with E-state index in [9.17, 15) is 31.1 Å². The van der Waals surface area contributed by atoms with Gasteiger partial charge in [0.2, 0.25) is 5.91 Å². The molecule has 0 bridgehead atoms. The van der Waals surface area contributed by atoms with Crippen LogP contribution >= 0.6 is 0 Å². The van der Waals surface area contributed by atoms with Gasteiger partial charge in [-0.05, 0) is 30.3 Å². The quantitative estimate of drug-likeness (QED) is 0.734. The number of anilines is 1. The minimum atomic E-state index is -4.98. The molecule has 0 fully saturated rings. The van der Waals surface area contributed by atoms with Crippen molar-refractivity contribution in [1.82, 2.24) is 0 Å². The van der Waals surface area contributed by atoms with Gasteiger partial charge in [-0.15, -0.1) is 0 Å². The van der Waals surface area contributed by atoms with Crippen molar-refractivity contribution in [3.8, 4) is 5.75 Å². The summed E-state index contributed by atoms with van der Waals surface area (Å²) in [6, 6.07) is 9.34. The monoisotopic (exact) mass is 377 g/mol. The van der Waals surface area contributed by atoms with Crippen LogP contribution in [-0.4, -0.2) is 12.5 Å². The molecule has 0 unspecified atom stereocenters. The molecule has 0 saturated carbocycles. The Morgan fingerprint density at radius 3 is 1.92 bits per heavy atom. The number of hydrogen-bond acceptors (Lipinski definition) is 2. The predicted molar refractivity (Wildman–Crippen MR) is 81.6 cm³/mol. The van der Waals surface area contributed by atoms with Gasteiger partial charge in [0.25, 0.3) is 0 Å². The van der Waals surface area contributed by atoms with Crippen LogP contribution in [0.5, 0.6) is 5.75 Å². The zero-order valence-corrected chi connectivity index (χ0v) is 13.1. The topological polar surface area (TPSA) is 38.3 Å². The minimum Gasteiger partial charge on any atom is -0.493 e. The lowest BCUT2D eigenvalue weighted by Gasteiger charge is -2.15. The predicted octanol–water partition coefficient (Wildman–Crippen LogP) is 5.13. The van der Waals surface area contributed by atoms with Gasteiger partial charge < -0.3 is 10.1 Å². The van der Waals surface area contributed by atoms with E-state index < -0.39 is 35.1 Å². The molecule has 0 heterocycles. The van der Waals surface area contributed by atoms with E-state index in [1.54, 1.807) is 30.3 Å². The summed E-state index contributed by atoms with van der Waals surface area (Å²) in [6.45, 7) is -0.0824. The Morgan fingerprint density at radius 1 is 0.885 bits per heavy atom. The molecule has 0 radical (unpaired) electrons. The minimum absolute atomic E-state index is 0.00578. The number of hydrogen-bond donors (Lipinski definition) is 1. The van der Waals surface area contributed by atoms with Crippen molar-refractivity contribution in [1.29, 1.82) is 0 Å². The molecule has 2 aromatic rings. The maximum atomic E-state index is 12.8. The van der Waals surface area contributed by atoms with Crippen molar-refractivity contribution in [3.05, 3.63) is 59.7 Å². The molecule has 2 rings (SSSR count). The van der Waals surface area contributed by atoms with Gasteiger partial charge >= 0.3 is 12.4 Å². The van der Waals surface area contributed by atoms with E-state index in [1.807, 2.05) is 5.32 Å². The summed E-state index contributed by atoms with van der Waals surface area (Å²) < 4.78 is 81.8. The van der Waals surface area contributed by atoms with Crippen LogP contribution < -0.4 is 10.1 Å². The summed E-state index contributed by atoms with van der Waals surface area (Å²) in [5.74, 6) is -0.285. The fourth-order valence-electron chi connectivity index (χ4n) is 2.03. The average molecular weight is 377 g/mol. The highest BCUT2D eigenvalue weighted by molar-refractivity contribution is 5.91. The summed E-state index contributed by atoms with van der Waals surface area (Å²) in [6.07, 6.45) is -10.2. The maximum Gasteiger partial charge on any atom is 0.416 e. The second kappa shape index (κ2) is 7.67. The molecule has 0 saturated heterocycles. The van der Waals surface area contributed by atoms with Gasteiger partial charge in [0.1, 0.15) is 5.75 Å². The largest absolute Gasteiger partial charge is 0.493 e. The molecule has 26 heavy (non-hydrogen) atoms. The Hall–Kier alpha value is -2.71. The highest BCUT2D eigenvalue weighted by atomic mass is 19.4. The van der Waals surface area contributed by atoms with E-state index in [4.69, 9.17) is 4.74 Å². The number of carbonyl (C=O) groups excluding carboxylic acids is 1. The Kier molecular flexibility index (Phi) is 5.79. The van der Waals surface area contributed by atoms with Crippen LogP contribution in [0.3, 0.4) is 0 Å². The van der Waals surface area contributed by atoms with Gasteiger partial charge in [0, 0.05) is 5.69 Å². The van der Waals surface area contributed by atoms with Crippen molar-refractivity contribution < 1.29 is 35.9 Å². The van der Waals surface area contributed by atoms with Crippen LogP contribution in [0, 0.1) is 0 Å². The third kappa shape index (κ3) is 5.68. The lowest BCUT2D eigenvalue weighted by atomic mass is 10.1. The lowest BCUT2D eigenvalue weighted by molar-refractivity contribution is -0.143. The van der Waals surface area contributed by atoms with Crippen molar-refractivity contribution in [2.75, 3.05) is 11.9 Å². The first-order chi connectivity index (χ1) is 12.1. The van der Waals surface area contributed by atoms with Crippen LogP contribution in [0.2, 0.25) is 0 Å². The van der Waals surface area contributed by atoms with Crippen molar-refractivity contribution in [2.45, 2.75) is 18.8 Å². The molecular formula is C17H13F6NO2. The van der Waals surface area contributed by atoms with E-state index in [-0.39, 0.29) is 19.1 Å². The second-order valence-electron chi connectivity index (χ2n) is 5.25. The van der Waals surface area contributed by atoms with E-state index in [0.717, 1.165) is 0 Å². The highest BCUT2D eigenvalue weighted by Gasteiger charge is 2.37. The average Bonchev–Trinajstić information content (AvgIpc) is 2.54. The standard InChI is InChI=1S/C17H13F6NO2/c18-16(19,20)11-8-12(17(21,22)23)10-13(9-11)24-15(25)6-7-26-14-4-2-1-3-5-14/h1-5,8-10H,6-7H2,(H,24,25). The Bertz CT molecular complexity index is 724. The Balaban J connectivity index is 2.06. The lowest BCUT2D eigenvalue weighted by Crippen LogP contribution is -2.17. The third-order valence-electron chi connectivity index (χ3n) is 3.21. The molecule has 1 N–H and O–H groups in total. The van der Waals surface area contributed by atoms with E-state index >= 15 is 0 Å². The van der Waals surface area contributed by atoms with E-state index in [1.165, 1.54) is 0 Å². The highest BCUT2D eigenvalue weighted by Crippen LogP contribution is 2.37. The fraction of sp³-hybridized carbons (Fsp3) is 0.235.